The molecule has 1 aliphatic rings. The first kappa shape index (κ1) is 17.5. The molecular weight excluding hydrogens is 338 g/mol. The van der Waals surface area contributed by atoms with Gasteiger partial charge < -0.3 is 10.2 Å². The monoisotopic (exact) mass is 359 g/mol. The summed E-state index contributed by atoms with van der Waals surface area (Å²) in [6, 6.07) is 0. The Morgan fingerprint density at radius 1 is 1.28 bits per heavy atom. The Morgan fingerprint density at radius 2 is 2.04 bits per heavy atom. The Labute approximate surface area is 150 Å². The van der Waals surface area contributed by atoms with Crippen LogP contribution in [0.3, 0.4) is 0 Å². The zero-order chi connectivity index (χ0) is 18.0. The number of likely N-dealkylation sites (tertiary alicyclic amines) is 1. The fourth-order valence-corrected chi connectivity index (χ4v) is 4.15. The third-order valence-corrected chi connectivity index (χ3v) is 5.35. The van der Waals surface area contributed by atoms with Crippen LogP contribution >= 0.6 is 11.3 Å². The molecule has 0 saturated carbocycles. The molecule has 1 saturated heterocycles. The molecule has 0 aliphatic carbocycles. The highest BCUT2D eigenvalue weighted by Gasteiger charge is 2.27. The van der Waals surface area contributed by atoms with Crippen LogP contribution in [0.4, 0.5) is 5.13 Å². The third kappa shape index (κ3) is 3.84. The van der Waals surface area contributed by atoms with E-state index in [4.69, 9.17) is 0 Å². The summed E-state index contributed by atoms with van der Waals surface area (Å²) in [5, 5.41) is 3.28. The normalized spacial score (nSPS) is 17.4. The molecule has 8 heteroatoms. The zero-order valence-electron chi connectivity index (χ0n) is 14.6. The molecule has 7 nitrogen and oxygen atoms in total. The van der Waals surface area contributed by atoms with Crippen LogP contribution in [0.2, 0.25) is 0 Å². The van der Waals surface area contributed by atoms with Crippen LogP contribution in [0.1, 0.15) is 44.0 Å². The molecule has 3 heterocycles. The smallest absolute Gasteiger partial charge is 0.223 e. The van der Waals surface area contributed by atoms with Crippen LogP contribution in [0, 0.1) is 6.92 Å². The maximum absolute atomic E-state index is 11.7. The van der Waals surface area contributed by atoms with Crippen molar-refractivity contribution in [1.82, 2.24) is 19.9 Å². The molecule has 0 bridgehead atoms. The van der Waals surface area contributed by atoms with Gasteiger partial charge in [0.05, 0.1) is 16.3 Å². The van der Waals surface area contributed by atoms with E-state index in [2.05, 4.69) is 20.3 Å². The van der Waals surface area contributed by atoms with E-state index in [0.717, 1.165) is 41.3 Å². The SMILES string of the molecule is CC(=O)Nc1nc(C)c(-c2nccnc2C2CCCN(C(C)=O)C2)s1. The predicted octanol–water partition coefficient (Wildman–Crippen LogP) is 2.59. The first-order valence-corrected chi connectivity index (χ1v) is 9.09. The highest BCUT2D eigenvalue weighted by Crippen LogP contribution is 2.37. The van der Waals surface area contributed by atoms with Gasteiger partial charge in [0, 0.05) is 45.2 Å². The summed E-state index contributed by atoms with van der Waals surface area (Å²) in [5.74, 6) is 0.105. The van der Waals surface area contributed by atoms with Gasteiger partial charge in [0.2, 0.25) is 11.8 Å². The number of thiazole rings is 1. The molecule has 132 valence electrons. The van der Waals surface area contributed by atoms with Gasteiger partial charge in [0.25, 0.3) is 0 Å². The van der Waals surface area contributed by atoms with Crippen molar-refractivity contribution in [2.45, 2.75) is 39.5 Å². The van der Waals surface area contributed by atoms with Gasteiger partial charge in [0.15, 0.2) is 5.13 Å². The van der Waals surface area contributed by atoms with Crippen LogP contribution in [0.25, 0.3) is 10.6 Å². The van der Waals surface area contributed by atoms with Gasteiger partial charge in [-0.05, 0) is 19.8 Å². The molecule has 1 aliphatic heterocycles. The predicted molar refractivity (Wildman–Crippen MR) is 96.4 cm³/mol. The third-order valence-electron chi connectivity index (χ3n) is 4.27. The number of piperidine rings is 1. The highest BCUT2D eigenvalue weighted by atomic mass is 32.1. The number of amides is 2. The first-order chi connectivity index (χ1) is 12.0. The van der Waals surface area contributed by atoms with E-state index in [1.54, 1.807) is 19.3 Å². The molecule has 1 atom stereocenters. The van der Waals surface area contributed by atoms with E-state index in [-0.39, 0.29) is 17.7 Å². The van der Waals surface area contributed by atoms with Crippen molar-refractivity contribution in [2.24, 2.45) is 0 Å². The molecule has 2 amide bonds. The van der Waals surface area contributed by atoms with E-state index < -0.39 is 0 Å². The maximum Gasteiger partial charge on any atom is 0.223 e. The lowest BCUT2D eigenvalue weighted by molar-refractivity contribution is -0.130. The van der Waals surface area contributed by atoms with Gasteiger partial charge in [0.1, 0.15) is 5.69 Å². The lowest BCUT2D eigenvalue weighted by Gasteiger charge is -2.32. The molecular formula is C17H21N5O2S. The molecule has 3 rings (SSSR count). The zero-order valence-corrected chi connectivity index (χ0v) is 15.4. The van der Waals surface area contributed by atoms with Crippen LogP contribution in [-0.4, -0.2) is 44.8 Å². The fraction of sp³-hybridized carbons (Fsp3) is 0.471. The summed E-state index contributed by atoms with van der Waals surface area (Å²) in [4.78, 5) is 39.3. The van der Waals surface area contributed by atoms with Crippen molar-refractivity contribution >= 4 is 28.3 Å². The number of aryl methyl sites for hydroxylation is 1. The summed E-state index contributed by atoms with van der Waals surface area (Å²) in [6.07, 6.45) is 5.29. The lowest BCUT2D eigenvalue weighted by atomic mass is 9.92. The fourth-order valence-electron chi connectivity index (χ4n) is 3.13. The van der Waals surface area contributed by atoms with Crippen molar-refractivity contribution in [3.05, 3.63) is 23.8 Å². The summed E-state index contributed by atoms with van der Waals surface area (Å²) in [7, 11) is 0. The molecule has 0 aromatic carbocycles. The average Bonchev–Trinajstić information content (AvgIpc) is 2.94. The van der Waals surface area contributed by atoms with Crippen LogP contribution in [0.5, 0.6) is 0 Å². The topological polar surface area (TPSA) is 88.1 Å². The number of carbonyl (C=O) groups is 2. The minimum absolute atomic E-state index is 0.0945. The van der Waals surface area contributed by atoms with Gasteiger partial charge >= 0.3 is 0 Å². The Hall–Kier alpha value is -2.35. The number of hydrogen-bond acceptors (Lipinski definition) is 6. The summed E-state index contributed by atoms with van der Waals surface area (Å²) >= 11 is 1.40. The largest absolute Gasteiger partial charge is 0.342 e. The maximum atomic E-state index is 11.7. The van der Waals surface area contributed by atoms with Crippen LogP contribution < -0.4 is 5.32 Å². The van der Waals surface area contributed by atoms with Crippen LogP contribution in [0.15, 0.2) is 12.4 Å². The number of aromatic nitrogens is 3. The number of nitrogens with zero attached hydrogens (tertiary/aromatic N) is 4. The van der Waals surface area contributed by atoms with Gasteiger partial charge in [-0.1, -0.05) is 11.3 Å². The Bertz CT molecular complexity index is 804. The Balaban J connectivity index is 1.95. The molecule has 0 spiro atoms. The van der Waals surface area contributed by atoms with Crippen molar-refractivity contribution < 1.29 is 9.59 Å². The quantitative estimate of drug-likeness (QED) is 0.910. The molecule has 0 radical (unpaired) electrons. The molecule has 1 N–H and O–H groups in total. The Morgan fingerprint density at radius 3 is 2.76 bits per heavy atom. The molecule has 25 heavy (non-hydrogen) atoms. The second kappa shape index (κ2) is 7.26. The van der Waals surface area contributed by atoms with Crippen molar-refractivity contribution in [3.63, 3.8) is 0 Å². The number of anilines is 1. The van der Waals surface area contributed by atoms with E-state index in [1.807, 2.05) is 11.8 Å². The van der Waals surface area contributed by atoms with E-state index >= 15 is 0 Å². The minimum Gasteiger partial charge on any atom is -0.342 e. The summed E-state index contributed by atoms with van der Waals surface area (Å²) in [6.45, 7) is 6.43. The van der Waals surface area contributed by atoms with Gasteiger partial charge in [-0.25, -0.2) is 4.98 Å². The van der Waals surface area contributed by atoms with Gasteiger partial charge in [-0.3, -0.25) is 19.6 Å². The molecule has 1 fully saturated rings. The summed E-state index contributed by atoms with van der Waals surface area (Å²) < 4.78 is 0. The van der Waals surface area contributed by atoms with Crippen molar-refractivity contribution in [2.75, 3.05) is 18.4 Å². The van der Waals surface area contributed by atoms with E-state index in [0.29, 0.717) is 11.7 Å². The molecule has 2 aromatic heterocycles. The van der Waals surface area contributed by atoms with E-state index in [9.17, 15) is 9.59 Å². The second-order valence-corrected chi connectivity index (χ2v) is 7.21. The number of rotatable bonds is 3. The summed E-state index contributed by atoms with van der Waals surface area (Å²) in [5.41, 5.74) is 2.51. The van der Waals surface area contributed by atoms with Crippen molar-refractivity contribution in [1.29, 1.82) is 0 Å². The second-order valence-electron chi connectivity index (χ2n) is 6.21. The number of hydrogen-bond donors (Lipinski definition) is 1. The standard InChI is InChI=1S/C17H21N5O2S/c1-10-16(25-17(20-10)21-11(2)23)15-14(18-6-7-19-15)13-5-4-8-22(9-13)12(3)24/h6-7,13H,4-5,8-9H2,1-3H3,(H,20,21,23). The van der Waals surface area contributed by atoms with Crippen molar-refractivity contribution in [3.8, 4) is 10.6 Å². The van der Waals surface area contributed by atoms with Crippen LogP contribution in [-0.2, 0) is 9.59 Å². The molecule has 1 unspecified atom stereocenters. The number of nitrogens with one attached hydrogen (secondary N) is 1. The molecule has 2 aromatic rings. The van der Waals surface area contributed by atoms with Gasteiger partial charge in [-0.15, -0.1) is 0 Å². The first-order valence-electron chi connectivity index (χ1n) is 8.27. The number of carbonyl (C=O) groups excluding carboxylic acids is 2. The Kier molecular flexibility index (Phi) is 5.08. The average molecular weight is 359 g/mol. The minimum atomic E-state index is -0.149. The highest BCUT2D eigenvalue weighted by molar-refractivity contribution is 7.19. The van der Waals surface area contributed by atoms with Gasteiger partial charge in [-0.2, -0.15) is 0 Å². The lowest BCUT2D eigenvalue weighted by Crippen LogP contribution is -2.38. The van der Waals surface area contributed by atoms with E-state index in [1.165, 1.54) is 18.3 Å².